The number of hydrogen-bond donors (Lipinski definition) is 1. The second kappa shape index (κ2) is 6.02. The van der Waals surface area contributed by atoms with Crippen LogP contribution in [-0.2, 0) is 9.53 Å². The van der Waals surface area contributed by atoms with Crippen molar-refractivity contribution in [1.29, 1.82) is 0 Å². The monoisotopic (exact) mass is 199 g/mol. The van der Waals surface area contributed by atoms with E-state index in [-0.39, 0.29) is 11.9 Å². The third kappa shape index (κ3) is 3.66. The number of esters is 1. The summed E-state index contributed by atoms with van der Waals surface area (Å²) in [6, 6.07) is 0.621. The molecule has 3 heteroatoms. The van der Waals surface area contributed by atoms with Gasteiger partial charge in [0.15, 0.2) is 0 Å². The fourth-order valence-corrected chi connectivity index (χ4v) is 1.93. The third-order valence-corrected chi connectivity index (χ3v) is 2.92. The highest BCUT2D eigenvalue weighted by atomic mass is 16.5. The van der Waals surface area contributed by atoms with Gasteiger partial charge in [0.25, 0.3) is 0 Å². The Morgan fingerprint density at radius 1 is 1.43 bits per heavy atom. The highest BCUT2D eigenvalue weighted by Gasteiger charge is 2.17. The molecule has 1 aliphatic rings. The standard InChI is InChI=1S/C11H21NO2/c1-9(11(13)14-2)8-12-10-6-4-3-5-7-10/h9-10,12H,3-8H2,1-2H3. The summed E-state index contributed by atoms with van der Waals surface area (Å²) >= 11 is 0. The van der Waals surface area contributed by atoms with E-state index in [0.717, 1.165) is 6.54 Å². The Balaban J connectivity index is 2.15. The second-order valence-corrected chi connectivity index (χ2v) is 4.17. The molecule has 82 valence electrons. The van der Waals surface area contributed by atoms with Gasteiger partial charge in [-0.2, -0.15) is 0 Å². The quantitative estimate of drug-likeness (QED) is 0.701. The third-order valence-electron chi connectivity index (χ3n) is 2.92. The number of rotatable bonds is 4. The largest absolute Gasteiger partial charge is 0.469 e. The molecule has 0 saturated heterocycles. The summed E-state index contributed by atoms with van der Waals surface area (Å²) < 4.78 is 4.67. The summed E-state index contributed by atoms with van der Waals surface area (Å²) in [6.07, 6.45) is 6.53. The zero-order valence-electron chi connectivity index (χ0n) is 9.21. The van der Waals surface area contributed by atoms with E-state index in [2.05, 4.69) is 10.1 Å². The van der Waals surface area contributed by atoms with Crippen molar-refractivity contribution in [3.05, 3.63) is 0 Å². The molecule has 0 aromatic heterocycles. The number of carbonyl (C=O) groups is 1. The maximum atomic E-state index is 11.1. The molecule has 3 nitrogen and oxygen atoms in total. The molecular weight excluding hydrogens is 178 g/mol. The van der Waals surface area contributed by atoms with Crippen LogP contribution in [0.4, 0.5) is 0 Å². The molecule has 0 aliphatic heterocycles. The van der Waals surface area contributed by atoms with Gasteiger partial charge in [-0.25, -0.2) is 0 Å². The molecule has 14 heavy (non-hydrogen) atoms. The predicted molar refractivity (Wildman–Crippen MR) is 56.1 cm³/mol. The lowest BCUT2D eigenvalue weighted by Crippen LogP contribution is -2.36. The topological polar surface area (TPSA) is 38.3 Å². The van der Waals surface area contributed by atoms with Crippen molar-refractivity contribution in [2.45, 2.75) is 45.1 Å². The number of methoxy groups -OCH3 is 1. The molecule has 0 radical (unpaired) electrons. The van der Waals surface area contributed by atoms with Crippen molar-refractivity contribution < 1.29 is 9.53 Å². The number of ether oxygens (including phenoxy) is 1. The van der Waals surface area contributed by atoms with Crippen molar-refractivity contribution in [3.8, 4) is 0 Å². The first-order valence-electron chi connectivity index (χ1n) is 5.55. The Labute approximate surface area is 86.2 Å². The van der Waals surface area contributed by atoms with Crippen LogP contribution in [0.15, 0.2) is 0 Å². The molecule has 0 bridgehead atoms. The van der Waals surface area contributed by atoms with E-state index in [1.54, 1.807) is 0 Å². The molecule has 1 aliphatic carbocycles. The van der Waals surface area contributed by atoms with Gasteiger partial charge in [-0.15, -0.1) is 0 Å². The van der Waals surface area contributed by atoms with Gasteiger partial charge in [-0.1, -0.05) is 26.2 Å². The van der Waals surface area contributed by atoms with Crippen LogP contribution in [0.25, 0.3) is 0 Å². The smallest absolute Gasteiger partial charge is 0.309 e. The Morgan fingerprint density at radius 3 is 2.64 bits per heavy atom. The van der Waals surface area contributed by atoms with Crippen molar-refractivity contribution >= 4 is 5.97 Å². The van der Waals surface area contributed by atoms with E-state index in [9.17, 15) is 4.79 Å². The molecule has 0 heterocycles. The van der Waals surface area contributed by atoms with Crippen LogP contribution in [0.2, 0.25) is 0 Å². The van der Waals surface area contributed by atoms with Gasteiger partial charge in [0, 0.05) is 12.6 Å². The predicted octanol–water partition coefficient (Wildman–Crippen LogP) is 1.72. The fraction of sp³-hybridized carbons (Fsp3) is 0.909. The van der Waals surface area contributed by atoms with E-state index in [0.29, 0.717) is 6.04 Å². The van der Waals surface area contributed by atoms with Crippen molar-refractivity contribution in [1.82, 2.24) is 5.32 Å². The lowest BCUT2D eigenvalue weighted by molar-refractivity contribution is -0.144. The van der Waals surface area contributed by atoms with Gasteiger partial charge in [-0.05, 0) is 12.8 Å². The maximum absolute atomic E-state index is 11.1. The van der Waals surface area contributed by atoms with Gasteiger partial charge in [-0.3, -0.25) is 4.79 Å². The highest BCUT2D eigenvalue weighted by molar-refractivity contribution is 5.72. The molecular formula is C11H21NO2. The van der Waals surface area contributed by atoms with Crippen LogP contribution < -0.4 is 5.32 Å². The van der Waals surface area contributed by atoms with Crippen LogP contribution >= 0.6 is 0 Å². The molecule has 1 fully saturated rings. The Morgan fingerprint density at radius 2 is 2.07 bits per heavy atom. The minimum atomic E-state index is -0.117. The molecule has 0 aromatic rings. The van der Waals surface area contributed by atoms with E-state index >= 15 is 0 Å². The molecule has 1 N–H and O–H groups in total. The first-order chi connectivity index (χ1) is 6.74. The molecule has 0 amide bonds. The Kier molecular flexibility index (Phi) is 4.94. The van der Waals surface area contributed by atoms with E-state index in [1.807, 2.05) is 6.92 Å². The summed E-state index contributed by atoms with van der Waals surface area (Å²) in [5, 5.41) is 3.44. The SMILES string of the molecule is COC(=O)C(C)CNC1CCCCC1. The van der Waals surface area contributed by atoms with E-state index in [4.69, 9.17) is 0 Å². The molecule has 1 saturated carbocycles. The maximum Gasteiger partial charge on any atom is 0.309 e. The van der Waals surface area contributed by atoms with Gasteiger partial charge in [0.1, 0.15) is 0 Å². The summed E-state index contributed by atoms with van der Waals surface area (Å²) in [6.45, 7) is 2.65. The normalized spacial score (nSPS) is 20.4. The summed E-state index contributed by atoms with van der Waals surface area (Å²) in [5.41, 5.74) is 0. The highest BCUT2D eigenvalue weighted by Crippen LogP contribution is 2.17. The van der Waals surface area contributed by atoms with Crippen LogP contribution in [0.1, 0.15) is 39.0 Å². The number of hydrogen-bond acceptors (Lipinski definition) is 3. The first-order valence-corrected chi connectivity index (χ1v) is 5.55. The van der Waals surface area contributed by atoms with Crippen molar-refractivity contribution in [2.24, 2.45) is 5.92 Å². The molecule has 1 rings (SSSR count). The first kappa shape index (κ1) is 11.5. The van der Waals surface area contributed by atoms with Crippen molar-refractivity contribution in [3.63, 3.8) is 0 Å². The average Bonchev–Trinajstić information content (AvgIpc) is 2.26. The minimum absolute atomic E-state index is 0.0260. The number of carbonyl (C=O) groups excluding carboxylic acids is 1. The Hall–Kier alpha value is -0.570. The van der Waals surface area contributed by atoms with Gasteiger partial charge in [0.2, 0.25) is 0 Å². The second-order valence-electron chi connectivity index (χ2n) is 4.17. The van der Waals surface area contributed by atoms with Crippen LogP contribution in [-0.4, -0.2) is 25.7 Å². The zero-order chi connectivity index (χ0) is 10.4. The van der Waals surface area contributed by atoms with Gasteiger partial charge < -0.3 is 10.1 Å². The fourth-order valence-electron chi connectivity index (χ4n) is 1.93. The summed E-state index contributed by atoms with van der Waals surface area (Å²) in [7, 11) is 1.44. The van der Waals surface area contributed by atoms with Gasteiger partial charge >= 0.3 is 5.97 Å². The van der Waals surface area contributed by atoms with Crippen molar-refractivity contribution in [2.75, 3.05) is 13.7 Å². The van der Waals surface area contributed by atoms with E-state index in [1.165, 1.54) is 39.2 Å². The molecule has 0 aromatic carbocycles. The van der Waals surface area contributed by atoms with E-state index < -0.39 is 0 Å². The van der Waals surface area contributed by atoms with Gasteiger partial charge in [0.05, 0.1) is 13.0 Å². The molecule has 1 atom stereocenters. The van der Waals surface area contributed by atoms with Crippen LogP contribution in [0.5, 0.6) is 0 Å². The van der Waals surface area contributed by atoms with Crippen LogP contribution in [0, 0.1) is 5.92 Å². The summed E-state index contributed by atoms with van der Waals surface area (Å²) in [4.78, 5) is 11.1. The van der Waals surface area contributed by atoms with Crippen LogP contribution in [0.3, 0.4) is 0 Å². The summed E-state index contributed by atoms with van der Waals surface area (Å²) in [5.74, 6) is -0.143. The minimum Gasteiger partial charge on any atom is -0.469 e. The average molecular weight is 199 g/mol. The number of nitrogens with one attached hydrogen (secondary N) is 1. The molecule has 0 spiro atoms. The lowest BCUT2D eigenvalue weighted by Gasteiger charge is -2.23. The lowest BCUT2D eigenvalue weighted by atomic mass is 9.95. The molecule has 1 unspecified atom stereocenters. The zero-order valence-corrected chi connectivity index (χ0v) is 9.21. The Bertz CT molecular complexity index is 176.